The van der Waals surface area contributed by atoms with E-state index in [0.717, 1.165) is 24.4 Å². The second-order valence-electron chi connectivity index (χ2n) is 10.4. The molecule has 7 nitrogen and oxygen atoms in total. The average molecular weight is 438 g/mol. The molecule has 2 N–H and O–H groups in total. The van der Waals surface area contributed by atoms with Crippen molar-refractivity contribution in [3.05, 3.63) is 48.3 Å². The highest BCUT2D eigenvalue weighted by Gasteiger charge is 2.39. The minimum absolute atomic E-state index is 0.0468. The van der Waals surface area contributed by atoms with Crippen LogP contribution in [0.3, 0.4) is 0 Å². The summed E-state index contributed by atoms with van der Waals surface area (Å²) < 4.78 is 6.00. The Morgan fingerprint density at radius 1 is 1.12 bits per heavy atom. The predicted molar refractivity (Wildman–Crippen MR) is 126 cm³/mol. The molecule has 7 heteroatoms. The van der Waals surface area contributed by atoms with E-state index in [1.165, 1.54) is 0 Å². The van der Waals surface area contributed by atoms with Gasteiger partial charge in [0, 0.05) is 30.2 Å². The van der Waals surface area contributed by atoms with Gasteiger partial charge in [-0.2, -0.15) is 0 Å². The first-order valence-corrected chi connectivity index (χ1v) is 11.5. The van der Waals surface area contributed by atoms with Crippen molar-refractivity contribution in [2.45, 2.75) is 64.1 Å². The van der Waals surface area contributed by atoms with Crippen LogP contribution < -0.4 is 10.6 Å². The van der Waals surface area contributed by atoms with Crippen LogP contribution >= 0.6 is 0 Å². The van der Waals surface area contributed by atoms with Gasteiger partial charge in [-0.15, -0.1) is 0 Å². The van der Waals surface area contributed by atoms with Crippen molar-refractivity contribution < 1.29 is 9.53 Å². The second kappa shape index (κ2) is 9.16. The molecule has 0 bridgehead atoms. The highest BCUT2D eigenvalue weighted by molar-refractivity contribution is 5.76. The lowest BCUT2D eigenvalue weighted by atomic mass is 9.74. The number of hydrogen-bond donors (Lipinski definition) is 2. The molecule has 2 aromatic rings. The summed E-state index contributed by atoms with van der Waals surface area (Å²) >= 11 is 0. The molecule has 2 saturated heterocycles. The van der Waals surface area contributed by atoms with Gasteiger partial charge < -0.3 is 20.3 Å². The molecule has 2 aliphatic heterocycles. The number of carbonyl (C=O) groups excluding carboxylic acids is 1. The summed E-state index contributed by atoms with van der Waals surface area (Å²) in [5, 5.41) is 6.92. The predicted octanol–water partition coefficient (Wildman–Crippen LogP) is 4.07. The smallest absolute Gasteiger partial charge is 0.223 e. The average Bonchev–Trinajstić information content (AvgIpc) is 2.72. The minimum atomic E-state index is -0.223. The van der Waals surface area contributed by atoms with Crippen LogP contribution in [-0.2, 0) is 9.53 Å². The number of aromatic nitrogens is 2. The van der Waals surface area contributed by atoms with E-state index in [4.69, 9.17) is 9.72 Å². The van der Waals surface area contributed by atoms with Gasteiger partial charge in [0.15, 0.2) is 0 Å². The molecule has 2 aromatic heterocycles. The Labute approximate surface area is 191 Å². The van der Waals surface area contributed by atoms with Crippen LogP contribution in [-0.4, -0.2) is 51.5 Å². The molecule has 2 aliphatic rings. The molecule has 0 aromatic carbocycles. The van der Waals surface area contributed by atoms with Crippen molar-refractivity contribution in [3.8, 4) is 0 Å². The van der Waals surface area contributed by atoms with Crippen LogP contribution in [0.5, 0.6) is 0 Å². The van der Waals surface area contributed by atoms with Crippen molar-refractivity contribution in [2.24, 2.45) is 5.92 Å². The van der Waals surface area contributed by atoms with Gasteiger partial charge in [-0.3, -0.25) is 4.79 Å². The molecule has 172 valence electrons. The summed E-state index contributed by atoms with van der Waals surface area (Å²) in [6, 6.07) is 11.5. The Bertz CT molecular complexity index is 915. The zero-order chi connectivity index (χ0) is 22.8. The number of pyridine rings is 2. The van der Waals surface area contributed by atoms with E-state index in [-0.39, 0.29) is 23.1 Å². The Balaban J connectivity index is 1.39. The van der Waals surface area contributed by atoms with E-state index >= 15 is 0 Å². The second-order valence-corrected chi connectivity index (χ2v) is 10.4. The molecule has 32 heavy (non-hydrogen) atoms. The third kappa shape index (κ3) is 5.84. The lowest BCUT2D eigenvalue weighted by molar-refractivity contribution is -0.140. The molecule has 2 fully saturated rings. The maximum absolute atomic E-state index is 13.2. The lowest BCUT2D eigenvalue weighted by Gasteiger charge is -2.47. The number of anilines is 2. The highest BCUT2D eigenvalue weighted by atomic mass is 16.5. The van der Waals surface area contributed by atoms with Crippen LogP contribution in [0.4, 0.5) is 11.6 Å². The first-order chi connectivity index (χ1) is 15.2. The van der Waals surface area contributed by atoms with Crippen LogP contribution in [0, 0.1) is 5.92 Å². The van der Waals surface area contributed by atoms with Gasteiger partial charge in [0.25, 0.3) is 0 Å². The van der Waals surface area contributed by atoms with Gasteiger partial charge >= 0.3 is 0 Å². The maximum atomic E-state index is 13.2. The van der Waals surface area contributed by atoms with Crippen LogP contribution in [0.2, 0.25) is 0 Å². The quantitative estimate of drug-likeness (QED) is 0.734. The molecule has 0 unspecified atom stereocenters. The summed E-state index contributed by atoms with van der Waals surface area (Å²) in [5.41, 5.74) is 0.920. The van der Waals surface area contributed by atoms with E-state index in [2.05, 4.69) is 43.3 Å². The number of hydrogen-bond acceptors (Lipinski definition) is 6. The van der Waals surface area contributed by atoms with Gasteiger partial charge in [-0.25, -0.2) is 9.97 Å². The van der Waals surface area contributed by atoms with Crippen molar-refractivity contribution in [1.29, 1.82) is 0 Å². The molecular weight excluding hydrogens is 402 g/mol. The molecule has 1 atom stereocenters. The summed E-state index contributed by atoms with van der Waals surface area (Å²) in [4.78, 5) is 24.1. The van der Waals surface area contributed by atoms with Crippen LogP contribution in [0.15, 0.2) is 42.6 Å². The Morgan fingerprint density at radius 3 is 2.59 bits per heavy atom. The third-order valence-electron chi connectivity index (χ3n) is 6.18. The lowest BCUT2D eigenvalue weighted by Crippen LogP contribution is -2.58. The first kappa shape index (κ1) is 22.7. The molecule has 0 aliphatic carbocycles. The zero-order valence-electron chi connectivity index (χ0n) is 19.6. The number of amides is 1. The molecule has 0 spiro atoms. The van der Waals surface area contributed by atoms with E-state index in [0.29, 0.717) is 37.9 Å². The molecule has 1 amide bonds. The highest BCUT2D eigenvalue weighted by Crippen LogP contribution is 2.35. The topological polar surface area (TPSA) is 79.4 Å². The number of ether oxygens (including phenoxy) is 1. The molecule has 4 heterocycles. The van der Waals surface area contributed by atoms with E-state index < -0.39 is 0 Å². The zero-order valence-corrected chi connectivity index (χ0v) is 19.6. The van der Waals surface area contributed by atoms with E-state index in [9.17, 15) is 4.79 Å². The normalized spacial score (nSPS) is 23.0. The fourth-order valence-corrected chi connectivity index (χ4v) is 5.38. The van der Waals surface area contributed by atoms with Crippen molar-refractivity contribution in [1.82, 2.24) is 20.2 Å². The molecule has 4 rings (SSSR count). The van der Waals surface area contributed by atoms with Crippen molar-refractivity contribution in [3.63, 3.8) is 0 Å². The summed E-state index contributed by atoms with van der Waals surface area (Å²) in [6.45, 7) is 10.6. The standard InChI is InChI=1S/C25H35N5O2/c1-24(2)15-18(16-25(3,4)29-24)14-23(31)30-12-13-32-20(17-30)19-8-7-10-22(27-19)28-21-9-5-6-11-26-21/h5-11,18,20,29H,12-17H2,1-4H3,(H,26,27,28)/t20-/m0/s1. The van der Waals surface area contributed by atoms with Crippen LogP contribution in [0.25, 0.3) is 0 Å². The number of morpholine rings is 1. The van der Waals surface area contributed by atoms with Gasteiger partial charge in [0.1, 0.15) is 17.7 Å². The maximum Gasteiger partial charge on any atom is 0.223 e. The summed E-state index contributed by atoms with van der Waals surface area (Å²) in [5.74, 6) is 2.07. The Morgan fingerprint density at radius 2 is 1.88 bits per heavy atom. The Kier molecular flexibility index (Phi) is 6.49. The van der Waals surface area contributed by atoms with Gasteiger partial charge in [-0.05, 0) is 70.7 Å². The van der Waals surface area contributed by atoms with Crippen molar-refractivity contribution >= 4 is 17.5 Å². The third-order valence-corrected chi connectivity index (χ3v) is 6.18. The summed E-state index contributed by atoms with van der Waals surface area (Å²) in [7, 11) is 0. The minimum Gasteiger partial charge on any atom is -0.368 e. The van der Waals surface area contributed by atoms with Gasteiger partial charge in [-0.1, -0.05) is 12.1 Å². The number of nitrogens with zero attached hydrogens (tertiary/aromatic N) is 3. The number of rotatable bonds is 5. The fraction of sp³-hybridized carbons (Fsp3) is 0.560. The fourth-order valence-electron chi connectivity index (χ4n) is 5.38. The van der Waals surface area contributed by atoms with Gasteiger partial charge in [0.05, 0.1) is 18.8 Å². The molecular formula is C25H35N5O2. The molecule has 0 saturated carbocycles. The number of piperidine rings is 1. The monoisotopic (exact) mass is 437 g/mol. The summed E-state index contributed by atoms with van der Waals surface area (Å²) in [6.07, 6.45) is 4.14. The van der Waals surface area contributed by atoms with Gasteiger partial charge in [0.2, 0.25) is 5.91 Å². The Hall–Kier alpha value is -2.51. The molecule has 0 radical (unpaired) electrons. The van der Waals surface area contributed by atoms with Crippen molar-refractivity contribution in [2.75, 3.05) is 25.0 Å². The van der Waals surface area contributed by atoms with Crippen LogP contribution in [0.1, 0.15) is 58.8 Å². The largest absolute Gasteiger partial charge is 0.368 e. The van der Waals surface area contributed by atoms with E-state index in [1.54, 1.807) is 6.20 Å². The SMILES string of the molecule is CC1(C)CC(CC(=O)N2CCO[C@H](c3cccc(Nc4ccccn4)n3)C2)CC(C)(C)N1. The van der Waals surface area contributed by atoms with E-state index in [1.807, 2.05) is 41.3 Å². The number of nitrogens with one attached hydrogen (secondary N) is 2. The first-order valence-electron chi connectivity index (χ1n) is 11.5. The number of carbonyl (C=O) groups is 1.